The normalized spacial score (nSPS) is 14.5. The van der Waals surface area contributed by atoms with Crippen molar-refractivity contribution in [2.45, 2.75) is 18.8 Å². The number of anilines is 1. The summed E-state index contributed by atoms with van der Waals surface area (Å²) in [5.41, 5.74) is 5.03. The molecule has 1 fully saturated rings. The molecule has 0 unspecified atom stereocenters. The van der Waals surface area contributed by atoms with Crippen molar-refractivity contribution in [1.82, 2.24) is 19.7 Å². The molecule has 0 aliphatic heterocycles. The Morgan fingerprint density at radius 3 is 2.84 bits per heavy atom. The van der Waals surface area contributed by atoms with Crippen LogP contribution >= 0.6 is 0 Å². The maximum absolute atomic E-state index is 11.6. The van der Waals surface area contributed by atoms with Crippen LogP contribution in [0, 0.1) is 0 Å². The van der Waals surface area contributed by atoms with Crippen molar-refractivity contribution in [2.75, 3.05) is 5.73 Å². The van der Waals surface area contributed by atoms with Crippen LogP contribution in [0.1, 0.15) is 35.1 Å². The summed E-state index contributed by atoms with van der Waals surface area (Å²) >= 11 is 0. The summed E-state index contributed by atoms with van der Waals surface area (Å²) in [5.74, 6) is -0.0682. The van der Waals surface area contributed by atoms with Crippen molar-refractivity contribution < 1.29 is 9.90 Å². The molecule has 19 heavy (non-hydrogen) atoms. The number of aromatic carboxylic acids is 1. The number of aromatic amines is 1. The van der Waals surface area contributed by atoms with Gasteiger partial charge < -0.3 is 15.8 Å². The van der Waals surface area contributed by atoms with E-state index in [1.54, 1.807) is 0 Å². The Morgan fingerprint density at radius 2 is 2.26 bits per heavy atom. The van der Waals surface area contributed by atoms with Crippen molar-refractivity contribution in [2.24, 2.45) is 0 Å². The molecule has 8 nitrogen and oxygen atoms in total. The highest BCUT2D eigenvalue weighted by molar-refractivity contribution is 5.91. The number of aromatic nitrogens is 4. The SMILES string of the molecule is Nc1cn(-c2cc(=O)[nH]c(C3CC3)n2)nc1C(=O)O. The van der Waals surface area contributed by atoms with Crippen LogP contribution in [-0.4, -0.2) is 30.8 Å². The molecule has 98 valence electrons. The number of H-pyrrole nitrogens is 1. The Bertz CT molecular complexity index is 713. The first kappa shape index (κ1) is 11.5. The van der Waals surface area contributed by atoms with Gasteiger partial charge in [0, 0.05) is 12.0 Å². The standard InChI is InChI=1S/C11H11N5O3/c12-6-4-16(15-9(6)11(18)19)7-3-8(17)14-10(13-7)5-1-2-5/h3-5H,1-2,12H2,(H,18,19)(H,13,14,17). The van der Waals surface area contributed by atoms with Gasteiger partial charge in [-0.05, 0) is 12.8 Å². The molecule has 0 radical (unpaired) electrons. The number of rotatable bonds is 3. The minimum Gasteiger partial charge on any atom is -0.476 e. The molecule has 3 rings (SSSR count). The third kappa shape index (κ3) is 2.07. The zero-order valence-corrected chi connectivity index (χ0v) is 9.83. The summed E-state index contributed by atoms with van der Waals surface area (Å²) < 4.78 is 1.21. The molecule has 2 aromatic rings. The quantitative estimate of drug-likeness (QED) is 0.719. The number of carboxylic acid groups (broad SMARTS) is 1. The van der Waals surface area contributed by atoms with Crippen LogP contribution in [0.4, 0.5) is 5.69 Å². The average Bonchev–Trinajstić information content (AvgIpc) is 3.11. The van der Waals surface area contributed by atoms with Crippen molar-refractivity contribution in [3.05, 3.63) is 34.1 Å². The molecule has 0 aromatic carbocycles. The highest BCUT2D eigenvalue weighted by atomic mass is 16.4. The predicted molar refractivity (Wildman–Crippen MR) is 65.3 cm³/mol. The van der Waals surface area contributed by atoms with Crippen molar-refractivity contribution in [1.29, 1.82) is 0 Å². The second-order valence-electron chi connectivity index (χ2n) is 4.45. The summed E-state index contributed by atoms with van der Waals surface area (Å²) in [6, 6.07) is 1.25. The molecule has 1 saturated carbocycles. The largest absolute Gasteiger partial charge is 0.476 e. The molecule has 0 bridgehead atoms. The first-order valence-corrected chi connectivity index (χ1v) is 5.74. The van der Waals surface area contributed by atoms with E-state index >= 15 is 0 Å². The highest BCUT2D eigenvalue weighted by Gasteiger charge is 2.27. The van der Waals surface area contributed by atoms with E-state index in [0.29, 0.717) is 5.82 Å². The number of carbonyl (C=O) groups is 1. The third-order valence-corrected chi connectivity index (χ3v) is 2.89. The fourth-order valence-electron chi connectivity index (χ4n) is 1.80. The molecule has 1 aliphatic carbocycles. The van der Waals surface area contributed by atoms with E-state index in [-0.39, 0.29) is 28.7 Å². The van der Waals surface area contributed by atoms with Gasteiger partial charge in [-0.2, -0.15) is 5.10 Å². The average molecular weight is 261 g/mol. The molecule has 0 spiro atoms. The molecule has 1 aliphatic rings. The minimum absolute atomic E-state index is 0.0301. The Hall–Kier alpha value is -2.64. The van der Waals surface area contributed by atoms with Crippen LogP contribution in [0.2, 0.25) is 0 Å². The third-order valence-electron chi connectivity index (χ3n) is 2.89. The van der Waals surface area contributed by atoms with Crippen molar-refractivity contribution in [3.63, 3.8) is 0 Å². The first-order chi connectivity index (χ1) is 9.04. The fourth-order valence-corrected chi connectivity index (χ4v) is 1.80. The molecule has 0 amide bonds. The van der Waals surface area contributed by atoms with Gasteiger partial charge in [-0.3, -0.25) is 4.79 Å². The lowest BCUT2D eigenvalue weighted by atomic mass is 10.4. The second kappa shape index (κ2) is 3.94. The molecule has 2 heterocycles. The van der Waals surface area contributed by atoms with Gasteiger partial charge in [0.1, 0.15) is 5.82 Å². The number of hydrogen-bond donors (Lipinski definition) is 3. The van der Waals surface area contributed by atoms with E-state index in [0.717, 1.165) is 12.8 Å². The summed E-state index contributed by atoms with van der Waals surface area (Å²) in [7, 11) is 0. The summed E-state index contributed by atoms with van der Waals surface area (Å²) in [6.45, 7) is 0. The highest BCUT2D eigenvalue weighted by Crippen LogP contribution is 2.37. The number of hydrogen-bond acceptors (Lipinski definition) is 5. The Balaban J connectivity index is 2.08. The Labute approximate surface area is 106 Å². The van der Waals surface area contributed by atoms with Crippen molar-refractivity contribution in [3.8, 4) is 5.82 Å². The summed E-state index contributed by atoms with van der Waals surface area (Å²) in [6.07, 6.45) is 3.32. The van der Waals surface area contributed by atoms with Gasteiger partial charge in [0.2, 0.25) is 0 Å². The van der Waals surface area contributed by atoms with E-state index < -0.39 is 5.97 Å². The second-order valence-corrected chi connectivity index (χ2v) is 4.45. The minimum atomic E-state index is -1.22. The predicted octanol–water partition coefficient (Wildman–Crippen LogP) is 0.113. The zero-order chi connectivity index (χ0) is 13.6. The van der Waals surface area contributed by atoms with E-state index in [1.807, 2.05) is 0 Å². The van der Waals surface area contributed by atoms with Crippen LogP contribution in [0.15, 0.2) is 17.1 Å². The van der Waals surface area contributed by atoms with Crippen LogP contribution in [0.5, 0.6) is 0 Å². The molecular weight excluding hydrogens is 250 g/mol. The summed E-state index contributed by atoms with van der Waals surface area (Å²) in [4.78, 5) is 29.4. The van der Waals surface area contributed by atoms with Gasteiger partial charge in [-0.1, -0.05) is 0 Å². The van der Waals surface area contributed by atoms with Crippen molar-refractivity contribution >= 4 is 11.7 Å². The lowest BCUT2D eigenvalue weighted by Gasteiger charge is -2.02. The maximum Gasteiger partial charge on any atom is 0.358 e. The Kier molecular flexibility index (Phi) is 2.37. The molecule has 0 saturated heterocycles. The number of nitrogens with zero attached hydrogens (tertiary/aromatic N) is 3. The number of nitrogens with one attached hydrogen (secondary N) is 1. The molecule has 8 heteroatoms. The van der Waals surface area contributed by atoms with Gasteiger partial charge in [0.25, 0.3) is 5.56 Å². The van der Waals surface area contributed by atoms with Crippen LogP contribution in [0.3, 0.4) is 0 Å². The van der Waals surface area contributed by atoms with Crippen LogP contribution < -0.4 is 11.3 Å². The van der Waals surface area contributed by atoms with E-state index in [1.165, 1.54) is 16.9 Å². The number of nitrogens with two attached hydrogens (primary N) is 1. The van der Waals surface area contributed by atoms with Gasteiger partial charge in [0.15, 0.2) is 11.5 Å². The van der Waals surface area contributed by atoms with E-state index in [2.05, 4.69) is 15.1 Å². The van der Waals surface area contributed by atoms with Gasteiger partial charge in [0.05, 0.1) is 11.9 Å². The topological polar surface area (TPSA) is 127 Å². The van der Waals surface area contributed by atoms with Gasteiger partial charge >= 0.3 is 5.97 Å². The number of nitrogen functional groups attached to an aromatic ring is 1. The lowest BCUT2D eigenvalue weighted by Crippen LogP contribution is -2.14. The fraction of sp³-hybridized carbons (Fsp3) is 0.273. The molecular formula is C11H11N5O3. The maximum atomic E-state index is 11.6. The molecule has 2 aromatic heterocycles. The monoisotopic (exact) mass is 261 g/mol. The lowest BCUT2D eigenvalue weighted by molar-refractivity contribution is 0.0691. The van der Waals surface area contributed by atoms with E-state index in [4.69, 9.17) is 10.8 Å². The van der Waals surface area contributed by atoms with Crippen LogP contribution in [-0.2, 0) is 0 Å². The summed E-state index contributed by atoms with van der Waals surface area (Å²) in [5, 5.41) is 12.7. The molecule has 0 atom stereocenters. The Morgan fingerprint density at radius 1 is 1.53 bits per heavy atom. The van der Waals surface area contributed by atoms with Crippen LogP contribution in [0.25, 0.3) is 5.82 Å². The van der Waals surface area contributed by atoms with E-state index in [9.17, 15) is 9.59 Å². The smallest absolute Gasteiger partial charge is 0.358 e. The number of carboxylic acids is 1. The molecule has 4 N–H and O–H groups in total. The zero-order valence-electron chi connectivity index (χ0n) is 9.83. The van der Waals surface area contributed by atoms with Gasteiger partial charge in [-0.15, -0.1) is 0 Å². The first-order valence-electron chi connectivity index (χ1n) is 5.74. The van der Waals surface area contributed by atoms with Gasteiger partial charge in [-0.25, -0.2) is 14.5 Å².